The number of hydrogen-bond acceptors (Lipinski definition) is 3. The van der Waals surface area contributed by atoms with Crippen LogP contribution in [0.5, 0.6) is 0 Å². The summed E-state index contributed by atoms with van der Waals surface area (Å²) in [5, 5.41) is 0. The molecule has 0 aliphatic rings. The zero-order valence-electron chi connectivity index (χ0n) is 8.75. The molecule has 0 saturated carbocycles. The molecule has 0 aromatic heterocycles. The van der Waals surface area contributed by atoms with Crippen molar-refractivity contribution in [2.45, 2.75) is 27.2 Å². The lowest BCUT2D eigenvalue weighted by Gasteiger charge is -2.06. The first-order valence-corrected chi connectivity index (χ1v) is 6.58. The third kappa shape index (κ3) is 8.25. The highest BCUT2D eigenvalue weighted by Crippen LogP contribution is 2.03. The summed E-state index contributed by atoms with van der Waals surface area (Å²) in [4.78, 5) is 0. The molecule has 0 heterocycles. The third-order valence-corrected chi connectivity index (χ3v) is 3.40. The first-order chi connectivity index (χ1) is 5.98. The van der Waals surface area contributed by atoms with Crippen molar-refractivity contribution >= 4 is 9.84 Å². The van der Waals surface area contributed by atoms with Gasteiger partial charge in [0.1, 0.15) is 0 Å². The summed E-state index contributed by atoms with van der Waals surface area (Å²) >= 11 is 0. The van der Waals surface area contributed by atoms with E-state index >= 15 is 0 Å². The average molecular weight is 208 g/mol. The van der Waals surface area contributed by atoms with Crippen LogP contribution in [0.15, 0.2) is 0 Å². The molecule has 13 heavy (non-hydrogen) atoms. The Bertz CT molecular complexity index is 207. The first kappa shape index (κ1) is 12.9. The van der Waals surface area contributed by atoms with Crippen LogP contribution < -0.4 is 0 Å². The molecule has 0 fully saturated rings. The largest absolute Gasteiger partial charge is 0.381 e. The standard InChI is InChI=1S/C9H20O3S/c1-4-12-6-8-13(10,11)7-5-9(2)3/h9H,4-8H2,1-3H3. The summed E-state index contributed by atoms with van der Waals surface area (Å²) in [6.07, 6.45) is 0.745. The van der Waals surface area contributed by atoms with Crippen molar-refractivity contribution in [1.29, 1.82) is 0 Å². The van der Waals surface area contributed by atoms with Gasteiger partial charge in [-0.2, -0.15) is 0 Å². The molecule has 3 nitrogen and oxygen atoms in total. The summed E-state index contributed by atoms with van der Waals surface area (Å²) in [6.45, 7) is 6.83. The van der Waals surface area contributed by atoms with Gasteiger partial charge in [-0.1, -0.05) is 13.8 Å². The van der Waals surface area contributed by atoms with Gasteiger partial charge in [-0.15, -0.1) is 0 Å². The second-order valence-electron chi connectivity index (χ2n) is 3.53. The highest BCUT2D eigenvalue weighted by molar-refractivity contribution is 7.91. The van der Waals surface area contributed by atoms with Crippen LogP contribution in [0.25, 0.3) is 0 Å². The number of rotatable bonds is 7. The molecule has 80 valence electrons. The molecule has 0 spiro atoms. The fraction of sp³-hybridized carbons (Fsp3) is 1.00. The van der Waals surface area contributed by atoms with Gasteiger partial charge in [-0.05, 0) is 19.3 Å². The van der Waals surface area contributed by atoms with Crippen LogP contribution in [0.4, 0.5) is 0 Å². The molecule has 0 atom stereocenters. The number of hydrogen-bond donors (Lipinski definition) is 0. The van der Waals surface area contributed by atoms with Gasteiger partial charge in [0.15, 0.2) is 9.84 Å². The Morgan fingerprint density at radius 1 is 1.23 bits per heavy atom. The topological polar surface area (TPSA) is 43.4 Å². The Labute approximate surface area is 81.4 Å². The lowest BCUT2D eigenvalue weighted by atomic mass is 10.2. The predicted octanol–water partition coefficient (Wildman–Crippen LogP) is 1.48. The van der Waals surface area contributed by atoms with Gasteiger partial charge in [-0.3, -0.25) is 0 Å². The normalized spacial score (nSPS) is 12.3. The highest BCUT2D eigenvalue weighted by atomic mass is 32.2. The molecule has 0 aromatic carbocycles. The average Bonchev–Trinajstić information content (AvgIpc) is 2.02. The van der Waals surface area contributed by atoms with Crippen molar-refractivity contribution in [2.75, 3.05) is 24.7 Å². The lowest BCUT2D eigenvalue weighted by molar-refractivity contribution is 0.163. The lowest BCUT2D eigenvalue weighted by Crippen LogP contribution is -2.16. The maximum atomic E-state index is 11.3. The summed E-state index contributed by atoms with van der Waals surface area (Å²) in [6, 6.07) is 0. The van der Waals surface area contributed by atoms with Gasteiger partial charge in [0, 0.05) is 6.61 Å². The Hall–Kier alpha value is -0.0900. The molecule has 0 N–H and O–H groups in total. The van der Waals surface area contributed by atoms with Crippen LogP contribution in [-0.2, 0) is 14.6 Å². The van der Waals surface area contributed by atoms with Crippen LogP contribution in [-0.4, -0.2) is 33.1 Å². The molecule has 0 rings (SSSR count). The molecule has 0 aliphatic heterocycles. The molecule has 0 saturated heterocycles. The summed E-state index contributed by atoms with van der Waals surface area (Å²) in [5.74, 6) is 0.896. The molecule has 0 bridgehead atoms. The van der Waals surface area contributed by atoms with Crippen LogP contribution in [0.3, 0.4) is 0 Å². The molecule has 0 aliphatic carbocycles. The zero-order chi connectivity index (χ0) is 10.3. The van der Waals surface area contributed by atoms with Crippen molar-refractivity contribution in [3.63, 3.8) is 0 Å². The van der Waals surface area contributed by atoms with E-state index in [2.05, 4.69) is 0 Å². The van der Waals surface area contributed by atoms with Crippen molar-refractivity contribution in [1.82, 2.24) is 0 Å². The van der Waals surface area contributed by atoms with Gasteiger partial charge >= 0.3 is 0 Å². The zero-order valence-corrected chi connectivity index (χ0v) is 9.56. The minimum absolute atomic E-state index is 0.160. The maximum Gasteiger partial charge on any atom is 0.152 e. The van der Waals surface area contributed by atoms with Gasteiger partial charge in [-0.25, -0.2) is 8.42 Å². The second kappa shape index (κ2) is 6.38. The molecule has 0 radical (unpaired) electrons. The highest BCUT2D eigenvalue weighted by Gasteiger charge is 2.10. The second-order valence-corrected chi connectivity index (χ2v) is 5.83. The van der Waals surface area contributed by atoms with Crippen molar-refractivity contribution in [3.05, 3.63) is 0 Å². The quantitative estimate of drug-likeness (QED) is 0.595. The monoisotopic (exact) mass is 208 g/mol. The molecule has 0 aromatic rings. The van der Waals surface area contributed by atoms with E-state index < -0.39 is 9.84 Å². The van der Waals surface area contributed by atoms with E-state index in [0.29, 0.717) is 19.1 Å². The molecular weight excluding hydrogens is 188 g/mol. The van der Waals surface area contributed by atoms with Gasteiger partial charge in [0.2, 0.25) is 0 Å². The molecule has 4 heteroatoms. The van der Waals surface area contributed by atoms with E-state index in [0.717, 1.165) is 6.42 Å². The fourth-order valence-electron chi connectivity index (χ4n) is 0.848. The number of sulfone groups is 1. The predicted molar refractivity (Wildman–Crippen MR) is 54.6 cm³/mol. The van der Waals surface area contributed by atoms with Crippen molar-refractivity contribution in [3.8, 4) is 0 Å². The fourth-order valence-corrected chi connectivity index (χ4v) is 2.25. The van der Waals surface area contributed by atoms with E-state index in [1.165, 1.54) is 0 Å². The van der Waals surface area contributed by atoms with E-state index in [4.69, 9.17) is 4.74 Å². The SMILES string of the molecule is CCOCCS(=O)(=O)CCC(C)C. The molecule has 0 amide bonds. The third-order valence-electron chi connectivity index (χ3n) is 1.75. The van der Waals surface area contributed by atoms with E-state index in [9.17, 15) is 8.42 Å². The summed E-state index contributed by atoms with van der Waals surface area (Å²) < 4.78 is 27.7. The van der Waals surface area contributed by atoms with Crippen molar-refractivity contribution < 1.29 is 13.2 Å². The minimum atomic E-state index is -2.87. The Kier molecular flexibility index (Phi) is 6.33. The first-order valence-electron chi connectivity index (χ1n) is 4.76. The Balaban J connectivity index is 3.68. The van der Waals surface area contributed by atoms with Crippen LogP contribution >= 0.6 is 0 Å². The Morgan fingerprint density at radius 3 is 2.31 bits per heavy atom. The van der Waals surface area contributed by atoms with E-state index in [-0.39, 0.29) is 11.5 Å². The van der Waals surface area contributed by atoms with E-state index in [1.54, 1.807) is 0 Å². The van der Waals surface area contributed by atoms with Crippen LogP contribution in [0.1, 0.15) is 27.2 Å². The van der Waals surface area contributed by atoms with Crippen LogP contribution in [0, 0.1) is 5.92 Å². The van der Waals surface area contributed by atoms with Gasteiger partial charge < -0.3 is 4.74 Å². The summed E-state index contributed by atoms with van der Waals surface area (Å²) in [7, 11) is -2.87. The number of ether oxygens (including phenoxy) is 1. The van der Waals surface area contributed by atoms with Crippen LogP contribution in [0.2, 0.25) is 0 Å². The molecule has 0 unspecified atom stereocenters. The minimum Gasteiger partial charge on any atom is -0.381 e. The Morgan fingerprint density at radius 2 is 1.85 bits per heavy atom. The maximum absolute atomic E-state index is 11.3. The van der Waals surface area contributed by atoms with E-state index in [1.807, 2.05) is 20.8 Å². The van der Waals surface area contributed by atoms with Gasteiger partial charge in [0.25, 0.3) is 0 Å². The van der Waals surface area contributed by atoms with Crippen molar-refractivity contribution in [2.24, 2.45) is 5.92 Å². The van der Waals surface area contributed by atoms with Gasteiger partial charge in [0.05, 0.1) is 18.1 Å². The smallest absolute Gasteiger partial charge is 0.152 e. The summed E-state index contributed by atoms with van der Waals surface area (Å²) in [5.41, 5.74) is 0. The molecular formula is C9H20O3S.